The van der Waals surface area contributed by atoms with E-state index >= 15 is 0 Å². The molecule has 4 nitrogen and oxygen atoms in total. The fourth-order valence-electron chi connectivity index (χ4n) is 3.50. The molecular weight excluding hydrogens is 324 g/mol. The molecule has 1 aliphatic rings. The average molecular weight is 344 g/mol. The van der Waals surface area contributed by atoms with Crippen molar-refractivity contribution < 1.29 is 9.53 Å². The monoisotopic (exact) mass is 344 g/mol. The van der Waals surface area contributed by atoms with Gasteiger partial charge in [0, 0.05) is 24.3 Å². The van der Waals surface area contributed by atoms with Gasteiger partial charge in [-0.05, 0) is 40.5 Å². The molecule has 0 spiro atoms. The predicted molar refractivity (Wildman–Crippen MR) is 105 cm³/mol. The molecule has 3 aromatic carbocycles. The Morgan fingerprint density at radius 1 is 0.885 bits per heavy atom. The molecular formula is C22H20N2O2. The van der Waals surface area contributed by atoms with Gasteiger partial charge in [0.2, 0.25) is 0 Å². The zero-order valence-corrected chi connectivity index (χ0v) is 14.5. The quantitative estimate of drug-likeness (QED) is 0.693. The molecule has 0 aromatic heterocycles. The second-order valence-electron chi connectivity index (χ2n) is 6.28. The Morgan fingerprint density at radius 2 is 1.50 bits per heavy atom. The topological polar surface area (TPSA) is 50.4 Å². The van der Waals surface area contributed by atoms with Gasteiger partial charge >= 0.3 is 6.09 Å². The van der Waals surface area contributed by atoms with Gasteiger partial charge in [-0.2, -0.15) is 0 Å². The maximum absolute atomic E-state index is 12.2. The standard InChI is InChI=1S/C22H20N2O2/c1-23-15-7-6-8-16(13-15)24-22(25)26-14-21-19-11-4-2-9-17(19)18-10-3-5-12-20(18)21/h2-13,21,23H,14H2,1H3,(H,24,25). The van der Waals surface area contributed by atoms with E-state index in [2.05, 4.69) is 34.9 Å². The van der Waals surface area contributed by atoms with Crippen LogP contribution in [0, 0.1) is 0 Å². The van der Waals surface area contributed by atoms with Gasteiger partial charge in [-0.3, -0.25) is 5.32 Å². The van der Waals surface area contributed by atoms with E-state index in [0.29, 0.717) is 12.3 Å². The molecule has 4 heteroatoms. The Balaban J connectivity index is 1.48. The molecule has 130 valence electrons. The maximum Gasteiger partial charge on any atom is 0.411 e. The summed E-state index contributed by atoms with van der Waals surface area (Å²) in [5.41, 5.74) is 6.49. The average Bonchev–Trinajstić information content (AvgIpc) is 3.00. The van der Waals surface area contributed by atoms with Gasteiger partial charge < -0.3 is 10.1 Å². The Kier molecular flexibility index (Phi) is 4.32. The minimum absolute atomic E-state index is 0.0665. The summed E-state index contributed by atoms with van der Waals surface area (Å²) in [5.74, 6) is 0.0665. The fraction of sp³-hybridized carbons (Fsp3) is 0.136. The molecule has 1 aliphatic carbocycles. The predicted octanol–water partition coefficient (Wildman–Crippen LogP) is 5.09. The first-order chi connectivity index (χ1) is 12.8. The Labute approximate surface area is 152 Å². The SMILES string of the molecule is CNc1cccc(NC(=O)OCC2c3ccccc3-c3ccccc32)c1. The van der Waals surface area contributed by atoms with Gasteiger partial charge in [0.05, 0.1) is 0 Å². The highest BCUT2D eigenvalue weighted by atomic mass is 16.5. The second-order valence-corrected chi connectivity index (χ2v) is 6.28. The third-order valence-corrected chi connectivity index (χ3v) is 4.74. The number of hydrogen-bond donors (Lipinski definition) is 2. The lowest BCUT2D eigenvalue weighted by molar-refractivity contribution is 0.158. The number of hydrogen-bond acceptors (Lipinski definition) is 3. The Bertz CT molecular complexity index is 907. The van der Waals surface area contributed by atoms with Gasteiger partial charge in [0.15, 0.2) is 0 Å². The molecule has 26 heavy (non-hydrogen) atoms. The van der Waals surface area contributed by atoms with E-state index in [9.17, 15) is 4.79 Å². The molecule has 0 heterocycles. The van der Waals surface area contributed by atoms with Crippen molar-refractivity contribution in [1.82, 2.24) is 0 Å². The van der Waals surface area contributed by atoms with Crippen molar-refractivity contribution in [1.29, 1.82) is 0 Å². The van der Waals surface area contributed by atoms with E-state index in [1.54, 1.807) is 0 Å². The molecule has 0 bridgehead atoms. The van der Waals surface area contributed by atoms with Crippen LogP contribution in [0.2, 0.25) is 0 Å². The van der Waals surface area contributed by atoms with E-state index in [4.69, 9.17) is 4.74 Å². The summed E-state index contributed by atoms with van der Waals surface area (Å²) in [4.78, 5) is 12.2. The van der Waals surface area contributed by atoms with Crippen molar-refractivity contribution >= 4 is 17.5 Å². The zero-order valence-electron chi connectivity index (χ0n) is 14.5. The fourth-order valence-corrected chi connectivity index (χ4v) is 3.50. The molecule has 1 amide bonds. The van der Waals surface area contributed by atoms with Crippen LogP contribution in [0.4, 0.5) is 16.2 Å². The minimum atomic E-state index is -0.444. The number of benzene rings is 3. The van der Waals surface area contributed by atoms with Crippen molar-refractivity contribution in [2.75, 3.05) is 24.3 Å². The van der Waals surface area contributed by atoms with E-state index in [1.165, 1.54) is 22.3 Å². The smallest absolute Gasteiger partial charge is 0.411 e. The molecule has 0 unspecified atom stereocenters. The number of fused-ring (bicyclic) bond motifs is 3. The van der Waals surface area contributed by atoms with Crippen LogP contribution in [-0.4, -0.2) is 19.7 Å². The number of carbonyl (C=O) groups excluding carboxylic acids is 1. The number of ether oxygens (including phenoxy) is 1. The summed E-state index contributed by atoms with van der Waals surface area (Å²) < 4.78 is 5.55. The van der Waals surface area contributed by atoms with Gasteiger partial charge in [0.25, 0.3) is 0 Å². The zero-order chi connectivity index (χ0) is 17.9. The molecule has 0 aliphatic heterocycles. The summed E-state index contributed by atoms with van der Waals surface area (Å²) in [5, 5.41) is 5.83. The first-order valence-corrected chi connectivity index (χ1v) is 8.66. The molecule has 0 fully saturated rings. The van der Waals surface area contributed by atoms with Gasteiger partial charge in [-0.15, -0.1) is 0 Å². The summed E-state index contributed by atoms with van der Waals surface area (Å²) in [6.07, 6.45) is -0.444. The largest absolute Gasteiger partial charge is 0.448 e. The van der Waals surface area contributed by atoms with E-state index in [1.807, 2.05) is 55.6 Å². The molecule has 2 N–H and O–H groups in total. The highest BCUT2D eigenvalue weighted by molar-refractivity contribution is 5.85. The van der Waals surface area contributed by atoms with Gasteiger partial charge in [-0.25, -0.2) is 4.79 Å². The van der Waals surface area contributed by atoms with Crippen molar-refractivity contribution in [3.05, 3.63) is 83.9 Å². The maximum atomic E-state index is 12.2. The number of amides is 1. The molecule has 0 saturated carbocycles. The van der Waals surface area contributed by atoms with Crippen molar-refractivity contribution in [2.45, 2.75) is 5.92 Å². The van der Waals surface area contributed by atoms with Crippen molar-refractivity contribution in [2.24, 2.45) is 0 Å². The number of carbonyl (C=O) groups is 1. The lowest BCUT2D eigenvalue weighted by Crippen LogP contribution is -2.17. The van der Waals surface area contributed by atoms with E-state index in [0.717, 1.165) is 5.69 Å². The highest BCUT2D eigenvalue weighted by Crippen LogP contribution is 2.44. The lowest BCUT2D eigenvalue weighted by atomic mass is 9.98. The van der Waals surface area contributed by atoms with Gasteiger partial charge in [0.1, 0.15) is 6.61 Å². The first kappa shape index (κ1) is 16.2. The third-order valence-electron chi connectivity index (χ3n) is 4.74. The van der Waals surface area contributed by atoms with Crippen LogP contribution in [0.3, 0.4) is 0 Å². The van der Waals surface area contributed by atoms with Crippen LogP contribution < -0.4 is 10.6 Å². The Hall–Kier alpha value is -3.27. The summed E-state index contributed by atoms with van der Waals surface area (Å²) in [6.45, 7) is 0.311. The first-order valence-electron chi connectivity index (χ1n) is 8.66. The Morgan fingerprint density at radius 3 is 2.15 bits per heavy atom. The normalized spacial score (nSPS) is 12.2. The van der Waals surface area contributed by atoms with Crippen LogP contribution in [0.25, 0.3) is 11.1 Å². The minimum Gasteiger partial charge on any atom is -0.448 e. The van der Waals surface area contributed by atoms with Gasteiger partial charge in [-0.1, -0.05) is 54.6 Å². The van der Waals surface area contributed by atoms with Crippen molar-refractivity contribution in [3.8, 4) is 11.1 Å². The van der Waals surface area contributed by atoms with E-state index in [-0.39, 0.29) is 5.92 Å². The molecule has 4 rings (SSSR count). The lowest BCUT2D eigenvalue weighted by Gasteiger charge is -2.14. The van der Waals surface area contributed by atoms with E-state index < -0.39 is 6.09 Å². The van der Waals surface area contributed by atoms with Crippen molar-refractivity contribution in [3.63, 3.8) is 0 Å². The molecule has 0 atom stereocenters. The number of rotatable bonds is 4. The van der Waals surface area contributed by atoms with Crippen LogP contribution in [-0.2, 0) is 4.74 Å². The second kappa shape index (κ2) is 6.92. The highest BCUT2D eigenvalue weighted by Gasteiger charge is 2.28. The summed E-state index contributed by atoms with van der Waals surface area (Å²) in [6, 6.07) is 24.1. The third kappa shape index (κ3) is 3.02. The molecule has 3 aromatic rings. The number of anilines is 2. The summed E-state index contributed by atoms with van der Waals surface area (Å²) in [7, 11) is 1.84. The number of nitrogens with one attached hydrogen (secondary N) is 2. The van der Waals surface area contributed by atoms with Crippen LogP contribution in [0.15, 0.2) is 72.8 Å². The molecule has 0 radical (unpaired) electrons. The van der Waals surface area contributed by atoms with Crippen LogP contribution in [0.1, 0.15) is 17.0 Å². The van der Waals surface area contributed by atoms with Crippen LogP contribution in [0.5, 0.6) is 0 Å². The summed E-state index contributed by atoms with van der Waals surface area (Å²) >= 11 is 0. The van der Waals surface area contributed by atoms with Crippen LogP contribution >= 0.6 is 0 Å². The molecule has 0 saturated heterocycles.